The molecule has 0 saturated carbocycles. The number of anilines is 3. The molecule has 0 spiro atoms. The van der Waals surface area contributed by atoms with Crippen molar-refractivity contribution in [3.05, 3.63) is 48.5 Å². The van der Waals surface area contributed by atoms with E-state index in [0.717, 1.165) is 5.69 Å². The van der Waals surface area contributed by atoms with E-state index in [2.05, 4.69) is 16.0 Å². The Morgan fingerprint density at radius 1 is 1.07 bits per heavy atom. The highest BCUT2D eigenvalue weighted by Gasteiger charge is 2.31. The van der Waals surface area contributed by atoms with Gasteiger partial charge in [0.15, 0.2) is 0 Å². The van der Waals surface area contributed by atoms with Crippen LogP contribution in [-0.4, -0.2) is 37.5 Å². The van der Waals surface area contributed by atoms with E-state index in [-0.39, 0.29) is 24.3 Å². The molecule has 2 aromatic carbocycles. The number of carbonyl (C=O) groups excluding carboxylic acids is 3. The summed E-state index contributed by atoms with van der Waals surface area (Å²) in [5, 5.41) is 8.20. The lowest BCUT2D eigenvalue weighted by Gasteiger charge is -2.18. The van der Waals surface area contributed by atoms with Gasteiger partial charge in [-0.1, -0.05) is 6.07 Å². The van der Waals surface area contributed by atoms with Gasteiger partial charge < -0.3 is 25.6 Å². The van der Waals surface area contributed by atoms with Crippen molar-refractivity contribution < 1.29 is 19.1 Å². The predicted molar refractivity (Wildman–Crippen MR) is 107 cm³/mol. The minimum atomic E-state index is -0.391. The average molecular weight is 382 g/mol. The van der Waals surface area contributed by atoms with Crippen molar-refractivity contribution in [1.82, 2.24) is 5.32 Å². The number of methoxy groups -OCH3 is 1. The fourth-order valence-corrected chi connectivity index (χ4v) is 3.02. The van der Waals surface area contributed by atoms with Crippen molar-refractivity contribution in [3.63, 3.8) is 0 Å². The van der Waals surface area contributed by atoms with E-state index < -0.39 is 6.03 Å². The number of urea groups is 1. The Morgan fingerprint density at radius 2 is 1.75 bits per heavy atom. The lowest BCUT2D eigenvalue weighted by Crippen LogP contribution is -2.39. The topological polar surface area (TPSA) is 99.8 Å². The zero-order valence-corrected chi connectivity index (χ0v) is 15.7. The molecule has 146 valence electrons. The summed E-state index contributed by atoms with van der Waals surface area (Å²) in [6.45, 7) is 1.82. The lowest BCUT2D eigenvalue weighted by atomic mass is 10.2. The first kappa shape index (κ1) is 19.2. The van der Waals surface area contributed by atoms with Gasteiger partial charge in [-0.3, -0.25) is 9.59 Å². The van der Waals surface area contributed by atoms with E-state index in [9.17, 15) is 14.4 Å². The molecule has 3 N–H and O–H groups in total. The van der Waals surface area contributed by atoms with Gasteiger partial charge in [-0.2, -0.15) is 0 Å². The Hall–Kier alpha value is -3.55. The molecule has 0 radical (unpaired) electrons. The predicted octanol–water partition coefficient (Wildman–Crippen LogP) is 2.58. The van der Waals surface area contributed by atoms with Crippen molar-refractivity contribution in [2.24, 2.45) is 0 Å². The van der Waals surface area contributed by atoms with Crippen LogP contribution in [0.25, 0.3) is 0 Å². The van der Waals surface area contributed by atoms with Gasteiger partial charge in [0.2, 0.25) is 11.8 Å². The summed E-state index contributed by atoms with van der Waals surface area (Å²) in [6.07, 6.45) is 0.228. The van der Waals surface area contributed by atoms with Crippen LogP contribution in [0, 0.1) is 0 Å². The van der Waals surface area contributed by atoms with Gasteiger partial charge in [-0.15, -0.1) is 0 Å². The third-order valence-electron chi connectivity index (χ3n) is 4.29. The van der Waals surface area contributed by atoms with Crippen LogP contribution in [-0.2, 0) is 9.59 Å². The summed E-state index contributed by atoms with van der Waals surface area (Å²) in [4.78, 5) is 37.2. The summed E-state index contributed by atoms with van der Waals surface area (Å²) in [7, 11) is 1.57. The second-order valence-electron chi connectivity index (χ2n) is 6.46. The van der Waals surface area contributed by atoms with E-state index in [1.807, 2.05) is 18.2 Å². The molecule has 3 rings (SSSR count). The maximum atomic E-state index is 12.3. The Morgan fingerprint density at radius 3 is 2.39 bits per heavy atom. The van der Waals surface area contributed by atoms with Gasteiger partial charge in [-0.05, 0) is 36.4 Å². The normalized spacial score (nSPS) is 15.9. The van der Waals surface area contributed by atoms with E-state index in [4.69, 9.17) is 4.74 Å². The Labute approximate surface area is 162 Å². The van der Waals surface area contributed by atoms with Crippen molar-refractivity contribution in [3.8, 4) is 5.75 Å². The summed E-state index contributed by atoms with van der Waals surface area (Å²) < 4.78 is 5.20. The van der Waals surface area contributed by atoms with Crippen LogP contribution in [0.1, 0.15) is 13.3 Å². The van der Waals surface area contributed by atoms with Crippen molar-refractivity contribution in [2.75, 3.05) is 29.2 Å². The number of carbonyl (C=O) groups is 3. The van der Waals surface area contributed by atoms with Crippen LogP contribution in [0.3, 0.4) is 0 Å². The van der Waals surface area contributed by atoms with E-state index in [1.165, 1.54) is 6.92 Å². The number of amides is 4. The van der Waals surface area contributed by atoms with Crippen LogP contribution in [0.15, 0.2) is 48.5 Å². The molecule has 1 heterocycles. The molecule has 4 amide bonds. The molecule has 28 heavy (non-hydrogen) atoms. The molecule has 0 unspecified atom stereocenters. The second-order valence-corrected chi connectivity index (χ2v) is 6.46. The highest BCUT2D eigenvalue weighted by atomic mass is 16.5. The molecule has 8 nitrogen and oxygen atoms in total. The van der Waals surface area contributed by atoms with E-state index in [1.54, 1.807) is 42.3 Å². The van der Waals surface area contributed by atoms with Gasteiger partial charge in [0, 0.05) is 43.0 Å². The van der Waals surface area contributed by atoms with Gasteiger partial charge in [0.1, 0.15) is 5.75 Å². The minimum absolute atomic E-state index is 0.0572. The SMILES string of the molecule is COc1cccc(N2C[C@@H](NC(=O)Nc3ccc(NC(C)=O)cc3)CC2=O)c1. The maximum absolute atomic E-state index is 12.3. The van der Waals surface area contributed by atoms with Gasteiger partial charge >= 0.3 is 6.03 Å². The molecular formula is C20H22N4O4. The largest absolute Gasteiger partial charge is 0.497 e. The van der Waals surface area contributed by atoms with E-state index in [0.29, 0.717) is 23.7 Å². The first-order chi connectivity index (χ1) is 13.4. The summed E-state index contributed by atoms with van der Waals surface area (Å²) in [5.41, 5.74) is 1.97. The van der Waals surface area contributed by atoms with E-state index >= 15 is 0 Å². The molecule has 2 aromatic rings. The highest BCUT2D eigenvalue weighted by molar-refractivity contribution is 5.98. The monoisotopic (exact) mass is 382 g/mol. The molecular weight excluding hydrogens is 360 g/mol. The average Bonchev–Trinajstić information content (AvgIpc) is 3.03. The smallest absolute Gasteiger partial charge is 0.319 e. The molecule has 8 heteroatoms. The Balaban J connectivity index is 1.56. The fourth-order valence-electron chi connectivity index (χ4n) is 3.02. The van der Waals surface area contributed by atoms with Crippen molar-refractivity contribution >= 4 is 34.9 Å². The summed E-state index contributed by atoms with van der Waals surface area (Å²) in [6, 6.07) is 13.3. The van der Waals surface area contributed by atoms with Crippen LogP contribution in [0.5, 0.6) is 5.75 Å². The molecule has 1 aliphatic heterocycles. The molecule has 1 aliphatic rings. The summed E-state index contributed by atoms with van der Waals surface area (Å²) in [5.74, 6) is 0.449. The number of nitrogens with one attached hydrogen (secondary N) is 3. The number of ether oxygens (including phenoxy) is 1. The fraction of sp³-hybridized carbons (Fsp3) is 0.250. The number of benzene rings is 2. The maximum Gasteiger partial charge on any atom is 0.319 e. The number of hydrogen-bond donors (Lipinski definition) is 3. The zero-order chi connectivity index (χ0) is 20.1. The lowest BCUT2D eigenvalue weighted by molar-refractivity contribution is -0.117. The number of hydrogen-bond acceptors (Lipinski definition) is 4. The van der Waals surface area contributed by atoms with Gasteiger partial charge in [0.25, 0.3) is 0 Å². The summed E-state index contributed by atoms with van der Waals surface area (Å²) >= 11 is 0. The van der Waals surface area contributed by atoms with Crippen molar-refractivity contribution in [1.29, 1.82) is 0 Å². The first-order valence-electron chi connectivity index (χ1n) is 8.84. The number of nitrogens with zero attached hydrogens (tertiary/aromatic N) is 1. The molecule has 0 aromatic heterocycles. The third-order valence-corrected chi connectivity index (χ3v) is 4.29. The molecule has 0 bridgehead atoms. The Kier molecular flexibility index (Phi) is 5.78. The number of rotatable bonds is 5. The standard InChI is InChI=1S/C20H22N4O4/c1-13(25)21-14-6-8-15(9-7-14)22-20(27)23-16-10-19(26)24(12-16)17-4-3-5-18(11-17)28-2/h3-9,11,16H,10,12H2,1-2H3,(H,21,25)(H2,22,23,27)/t16-/m0/s1. The van der Waals surface area contributed by atoms with Crippen LogP contribution in [0.2, 0.25) is 0 Å². The molecule has 1 fully saturated rings. The molecule has 1 atom stereocenters. The van der Waals surface area contributed by atoms with Crippen LogP contribution < -0.4 is 25.6 Å². The Bertz CT molecular complexity index is 882. The molecule has 0 aliphatic carbocycles. The highest BCUT2D eigenvalue weighted by Crippen LogP contribution is 2.25. The minimum Gasteiger partial charge on any atom is -0.497 e. The second kappa shape index (κ2) is 8.43. The quantitative estimate of drug-likeness (QED) is 0.740. The zero-order valence-electron chi connectivity index (χ0n) is 15.7. The van der Waals surface area contributed by atoms with Gasteiger partial charge in [0.05, 0.1) is 13.2 Å². The molecule has 1 saturated heterocycles. The van der Waals surface area contributed by atoms with Crippen LogP contribution >= 0.6 is 0 Å². The van der Waals surface area contributed by atoms with Gasteiger partial charge in [-0.25, -0.2) is 4.79 Å². The first-order valence-corrected chi connectivity index (χ1v) is 8.84. The third kappa shape index (κ3) is 4.79. The van der Waals surface area contributed by atoms with Crippen molar-refractivity contribution in [2.45, 2.75) is 19.4 Å². The van der Waals surface area contributed by atoms with Crippen LogP contribution in [0.4, 0.5) is 21.9 Å².